The van der Waals surface area contributed by atoms with Gasteiger partial charge in [0, 0.05) is 6.42 Å². The van der Waals surface area contributed by atoms with Crippen LogP contribution in [0.15, 0.2) is 0 Å². The van der Waals surface area contributed by atoms with Crippen LogP contribution in [0.3, 0.4) is 0 Å². The van der Waals surface area contributed by atoms with Crippen LogP contribution in [0.5, 0.6) is 0 Å². The van der Waals surface area contributed by atoms with Crippen LogP contribution in [0.4, 0.5) is 0 Å². The molecule has 0 aromatic rings. The summed E-state index contributed by atoms with van der Waals surface area (Å²) < 4.78 is -0.668. The van der Waals surface area contributed by atoms with E-state index in [2.05, 4.69) is 12.2 Å². The van der Waals surface area contributed by atoms with E-state index >= 15 is 0 Å². The topological polar surface area (TPSA) is 87.1 Å². The van der Waals surface area contributed by atoms with E-state index in [1.807, 2.05) is 6.07 Å². The van der Waals surface area contributed by atoms with Crippen LogP contribution in [0.1, 0.15) is 19.8 Å². The third-order valence-corrected chi connectivity index (χ3v) is 2.58. The fourth-order valence-electron chi connectivity index (χ4n) is 0.697. The van der Waals surface area contributed by atoms with Gasteiger partial charge in [-0.1, -0.05) is 24.0 Å². The summed E-state index contributed by atoms with van der Waals surface area (Å²) in [7, 11) is 0. The molecular weight excluding hydrogens is 208 g/mol. The van der Waals surface area contributed by atoms with E-state index in [0.29, 0.717) is 0 Å². The van der Waals surface area contributed by atoms with Gasteiger partial charge in [-0.05, 0) is 13.3 Å². The molecule has 0 aliphatic heterocycles. The summed E-state index contributed by atoms with van der Waals surface area (Å²) in [4.78, 5) is 10.3. The van der Waals surface area contributed by atoms with E-state index in [-0.39, 0.29) is 17.2 Å². The molecule has 1 atom stereocenters. The van der Waals surface area contributed by atoms with Crippen LogP contribution in [0, 0.1) is 11.3 Å². The van der Waals surface area contributed by atoms with Crippen LogP contribution in [0.25, 0.3) is 0 Å². The van der Waals surface area contributed by atoms with Crippen molar-refractivity contribution in [3.8, 4) is 6.07 Å². The maximum atomic E-state index is 10.3. The minimum Gasteiger partial charge on any atom is -0.481 e. The van der Waals surface area contributed by atoms with Crippen LogP contribution < -0.4 is 5.73 Å². The summed E-state index contributed by atoms with van der Waals surface area (Å²) in [5.41, 5.74) is 5.26. The van der Waals surface area contributed by atoms with Gasteiger partial charge in [0.25, 0.3) is 0 Å². The number of carboxylic acids is 1. The van der Waals surface area contributed by atoms with Gasteiger partial charge in [-0.25, -0.2) is 0 Å². The van der Waals surface area contributed by atoms with Gasteiger partial charge >= 0.3 is 5.97 Å². The van der Waals surface area contributed by atoms with E-state index in [1.165, 1.54) is 0 Å². The van der Waals surface area contributed by atoms with Gasteiger partial charge in [-0.2, -0.15) is 5.26 Å². The average molecular weight is 218 g/mol. The molecule has 4 nitrogen and oxygen atoms in total. The number of carboxylic acid groups (broad SMARTS) is 1. The first-order valence-electron chi connectivity index (χ1n) is 3.51. The molecule has 0 aliphatic rings. The Bertz CT molecular complexity index is 262. The molecule has 0 saturated carbocycles. The van der Waals surface area contributed by atoms with Crippen molar-refractivity contribution in [3.05, 3.63) is 0 Å². The predicted octanol–water partition coefficient (Wildman–Crippen LogP) is 1.11. The molecule has 0 aromatic carbocycles. The quantitative estimate of drug-likeness (QED) is 0.687. The second kappa shape index (κ2) is 5.04. The molecule has 0 radical (unpaired) electrons. The Morgan fingerprint density at radius 2 is 2.38 bits per heavy atom. The molecule has 0 saturated heterocycles. The Balaban J connectivity index is 4.22. The van der Waals surface area contributed by atoms with Crippen molar-refractivity contribution in [2.75, 3.05) is 0 Å². The number of aliphatic carboxylic acids is 1. The fourth-order valence-corrected chi connectivity index (χ4v) is 1.94. The Labute approximate surface area is 86.1 Å². The molecule has 0 spiro atoms. The molecule has 0 amide bonds. The standard InChI is InChI=1S/C7H10N2O2S2/c1-7(4-8,13-6(9)12)3-2-5(10)11/h2-3H2,1H3,(H2,9,12)(H,10,11). The number of thiocarbonyl (C=S) groups is 1. The monoisotopic (exact) mass is 218 g/mol. The van der Waals surface area contributed by atoms with Crippen LogP contribution in [0.2, 0.25) is 0 Å². The van der Waals surface area contributed by atoms with Gasteiger partial charge < -0.3 is 10.8 Å². The normalized spacial score (nSPS) is 14.2. The first kappa shape index (κ1) is 12.2. The molecule has 6 heteroatoms. The Kier molecular flexibility index (Phi) is 4.73. The second-order valence-electron chi connectivity index (χ2n) is 2.66. The van der Waals surface area contributed by atoms with Crippen LogP contribution in [-0.4, -0.2) is 20.1 Å². The molecule has 0 bridgehead atoms. The molecule has 1 unspecified atom stereocenters. The largest absolute Gasteiger partial charge is 0.481 e. The number of nitrogens with two attached hydrogens (primary N) is 1. The second-order valence-corrected chi connectivity index (χ2v) is 4.90. The maximum Gasteiger partial charge on any atom is 0.303 e. The minimum absolute atomic E-state index is 0.0559. The van der Waals surface area contributed by atoms with Crippen molar-refractivity contribution in [2.45, 2.75) is 24.5 Å². The van der Waals surface area contributed by atoms with E-state index in [4.69, 9.17) is 16.1 Å². The third kappa shape index (κ3) is 5.44. The number of nitriles is 1. The number of carbonyl (C=O) groups is 1. The van der Waals surface area contributed by atoms with Crippen molar-refractivity contribution in [1.82, 2.24) is 0 Å². The molecule has 13 heavy (non-hydrogen) atoms. The van der Waals surface area contributed by atoms with Gasteiger partial charge in [0.15, 0.2) is 0 Å². The van der Waals surface area contributed by atoms with E-state index in [9.17, 15) is 4.79 Å². The van der Waals surface area contributed by atoms with Crippen LogP contribution in [-0.2, 0) is 4.79 Å². The Morgan fingerprint density at radius 1 is 1.85 bits per heavy atom. The SMILES string of the molecule is CC(C#N)(CCC(=O)O)SC(N)=S. The van der Waals surface area contributed by atoms with Crippen molar-refractivity contribution >= 4 is 34.3 Å². The van der Waals surface area contributed by atoms with Crippen molar-refractivity contribution < 1.29 is 9.90 Å². The highest BCUT2D eigenvalue weighted by Crippen LogP contribution is 2.29. The zero-order chi connectivity index (χ0) is 10.5. The van der Waals surface area contributed by atoms with Gasteiger partial charge in [0.1, 0.15) is 9.07 Å². The highest BCUT2D eigenvalue weighted by molar-refractivity contribution is 8.23. The lowest BCUT2D eigenvalue weighted by atomic mass is 10.1. The minimum atomic E-state index is -0.926. The molecular formula is C7H10N2O2S2. The third-order valence-electron chi connectivity index (χ3n) is 1.38. The van der Waals surface area contributed by atoms with Gasteiger partial charge in [-0.15, -0.1) is 0 Å². The average Bonchev–Trinajstić information content (AvgIpc) is 2.00. The number of thioether (sulfide) groups is 1. The summed E-state index contributed by atoms with van der Waals surface area (Å²) in [5.74, 6) is -0.926. The smallest absolute Gasteiger partial charge is 0.303 e. The maximum absolute atomic E-state index is 10.3. The molecule has 0 fully saturated rings. The van der Waals surface area contributed by atoms with E-state index in [1.54, 1.807) is 6.92 Å². The number of hydrogen-bond donors (Lipinski definition) is 2. The highest BCUT2D eigenvalue weighted by atomic mass is 32.2. The first-order chi connectivity index (χ1) is 5.89. The van der Waals surface area contributed by atoms with Gasteiger partial charge in [0.2, 0.25) is 0 Å². The summed E-state index contributed by atoms with van der Waals surface area (Å²) in [5, 5.41) is 17.2. The number of hydrogen-bond acceptors (Lipinski definition) is 4. The molecule has 0 rings (SSSR count). The van der Waals surface area contributed by atoms with Crippen LogP contribution >= 0.6 is 24.0 Å². The van der Waals surface area contributed by atoms with Gasteiger partial charge in [-0.3, -0.25) is 4.79 Å². The van der Waals surface area contributed by atoms with Crippen molar-refractivity contribution in [2.24, 2.45) is 5.73 Å². The number of rotatable bonds is 4. The van der Waals surface area contributed by atoms with E-state index in [0.717, 1.165) is 11.8 Å². The van der Waals surface area contributed by atoms with Crippen molar-refractivity contribution in [3.63, 3.8) is 0 Å². The molecule has 0 aliphatic carbocycles. The van der Waals surface area contributed by atoms with E-state index < -0.39 is 10.7 Å². The highest BCUT2D eigenvalue weighted by Gasteiger charge is 2.26. The Morgan fingerprint density at radius 3 is 2.69 bits per heavy atom. The summed E-state index contributed by atoms with van der Waals surface area (Å²) in [6.07, 6.45) is 0.181. The lowest BCUT2D eigenvalue weighted by Gasteiger charge is -2.18. The zero-order valence-corrected chi connectivity index (χ0v) is 8.74. The summed E-state index contributed by atoms with van der Waals surface area (Å²) in [6, 6.07) is 2.00. The van der Waals surface area contributed by atoms with Gasteiger partial charge in [0.05, 0.1) is 6.07 Å². The molecule has 0 aromatic heterocycles. The summed E-state index contributed by atoms with van der Waals surface area (Å²) >= 11 is 5.66. The zero-order valence-electron chi connectivity index (χ0n) is 7.11. The fraction of sp³-hybridized carbons (Fsp3) is 0.571. The predicted molar refractivity (Wildman–Crippen MR) is 55.3 cm³/mol. The summed E-state index contributed by atoms with van der Waals surface area (Å²) in [6.45, 7) is 1.62. The molecule has 0 heterocycles. The first-order valence-corrected chi connectivity index (χ1v) is 4.73. The number of nitrogens with zero attached hydrogens (tertiary/aromatic N) is 1. The molecule has 3 N–H and O–H groups in total. The molecule has 72 valence electrons. The van der Waals surface area contributed by atoms with Crippen molar-refractivity contribution in [1.29, 1.82) is 5.26 Å². The lowest BCUT2D eigenvalue weighted by molar-refractivity contribution is -0.137. The Hall–Kier alpha value is -0.800. The lowest BCUT2D eigenvalue weighted by Crippen LogP contribution is -2.23.